The van der Waals surface area contributed by atoms with Gasteiger partial charge in [-0.3, -0.25) is 0 Å². The van der Waals surface area contributed by atoms with Crippen LogP contribution in [0.3, 0.4) is 0 Å². The third kappa shape index (κ3) is 3.28. The first-order valence-electron chi connectivity index (χ1n) is 6.42. The smallest absolute Gasteiger partial charge is 0.245 e. The molecule has 1 saturated heterocycles. The predicted molar refractivity (Wildman–Crippen MR) is 87.0 cm³/mol. The van der Waals surface area contributed by atoms with Gasteiger partial charge in [0.15, 0.2) is 0 Å². The number of hydrogen-bond acceptors (Lipinski definition) is 3. The average molecular weight is 395 g/mol. The van der Waals surface area contributed by atoms with Gasteiger partial charge >= 0.3 is 0 Å². The summed E-state index contributed by atoms with van der Waals surface area (Å²) in [5.41, 5.74) is 5.37. The highest BCUT2D eigenvalue weighted by molar-refractivity contribution is 9.10. The zero-order valence-corrected chi connectivity index (χ0v) is 14.7. The fraction of sp³-hybridized carbons (Fsp3) is 0.462. The van der Waals surface area contributed by atoms with Gasteiger partial charge in [-0.15, -0.1) is 0 Å². The van der Waals surface area contributed by atoms with E-state index in [0.29, 0.717) is 22.3 Å². The first-order valence-corrected chi connectivity index (χ1v) is 9.06. The minimum atomic E-state index is -3.83. The lowest BCUT2D eigenvalue weighted by molar-refractivity contribution is 0.243. The summed E-state index contributed by atoms with van der Waals surface area (Å²) < 4.78 is 40.7. The number of halogens is 2. The summed E-state index contributed by atoms with van der Waals surface area (Å²) in [4.78, 5) is 0.0963. The van der Waals surface area contributed by atoms with Crippen LogP contribution in [0.4, 0.5) is 4.39 Å². The molecule has 0 aromatic heterocycles. The number of thiocarbonyl (C=S) groups is 1. The molecule has 0 aliphatic carbocycles. The van der Waals surface area contributed by atoms with Crippen molar-refractivity contribution in [2.45, 2.75) is 24.7 Å². The van der Waals surface area contributed by atoms with Gasteiger partial charge < -0.3 is 5.73 Å². The largest absolute Gasteiger partial charge is 0.393 e. The van der Waals surface area contributed by atoms with Crippen molar-refractivity contribution in [1.82, 2.24) is 4.31 Å². The van der Waals surface area contributed by atoms with Crippen LogP contribution >= 0.6 is 28.1 Å². The van der Waals surface area contributed by atoms with E-state index in [0.717, 1.165) is 6.07 Å². The number of nitrogens with zero attached hydrogens (tertiary/aromatic N) is 1. The van der Waals surface area contributed by atoms with E-state index in [9.17, 15) is 12.8 Å². The molecule has 0 bridgehead atoms. The van der Waals surface area contributed by atoms with Crippen LogP contribution in [-0.2, 0) is 10.0 Å². The highest BCUT2D eigenvalue weighted by Gasteiger charge is 2.38. The van der Waals surface area contributed by atoms with Crippen molar-refractivity contribution in [3.05, 3.63) is 28.5 Å². The van der Waals surface area contributed by atoms with Crippen LogP contribution in [0.25, 0.3) is 0 Å². The van der Waals surface area contributed by atoms with E-state index in [1.54, 1.807) is 0 Å². The molecule has 116 valence electrons. The topological polar surface area (TPSA) is 63.4 Å². The zero-order chi connectivity index (χ0) is 15.8. The van der Waals surface area contributed by atoms with Gasteiger partial charge in [0, 0.05) is 23.0 Å². The Bertz CT molecular complexity index is 671. The first-order chi connectivity index (χ1) is 9.67. The minimum Gasteiger partial charge on any atom is -0.393 e. The molecule has 0 amide bonds. The molecule has 0 spiro atoms. The molecule has 1 fully saturated rings. The molecule has 1 aliphatic heterocycles. The standard InChI is InChI=1S/C13H16BrFN2O2S2/c1-13(12(16)20)4-6-17(7-5-13)21(18,19)11-3-2-9(14)8-10(11)15/h2-3,8H,4-7H2,1H3,(H2,16,20). The highest BCUT2D eigenvalue weighted by atomic mass is 79.9. The lowest BCUT2D eigenvalue weighted by Gasteiger charge is -2.37. The fourth-order valence-electron chi connectivity index (χ4n) is 2.29. The quantitative estimate of drug-likeness (QED) is 0.800. The van der Waals surface area contributed by atoms with Gasteiger partial charge in [-0.05, 0) is 31.0 Å². The molecular formula is C13H16BrFN2O2S2. The Morgan fingerprint density at radius 2 is 2.00 bits per heavy atom. The SMILES string of the molecule is CC1(C(N)=S)CCN(S(=O)(=O)c2ccc(Br)cc2F)CC1. The number of nitrogens with two attached hydrogens (primary N) is 1. The van der Waals surface area contributed by atoms with Crippen LogP contribution in [0.1, 0.15) is 19.8 Å². The summed E-state index contributed by atoms with van der Waals surface area (Å²) in [5.74, 6) is -0.757. The molecule has 0 saturated carbocycles. The molecule has 2 N–H and O–H groups in total. The third-order valence-electron chi connectivity index (χ3n) is 3.93. The lowest BCUT2D eigenvalue weighted by Crippen LogP contribution is -2.46. The molecule has 21 heavy (non-hydrogen) atoms. The Balaban J connectivity index is 2.25. The van der Waals surface area contributed by atoms with Crippen molar-refractivity contribution < 1.29 is 12.8 Å². The van der Waals surface area contributed by atoms with Crippen LogP contribution in [-0.4, -0.2) is 30.8 Å². The maximum absolute atomic E-state index is 13.9. The molecule has 1 heterocycles. The van der Waals surface area contributed by atoms with Gasteiger partial charge in [0.25, 0.3) is 0 Å². The maximum Gasteiger partial charge on any atom is 0.245 e. The molecule has 1 aliphatic rings. The summed E-state index contributed by atoms with van der Waals surface area (Å²) in [6.07, 6.45) is 1.08. The fourth-order valence-corrected chi connectivity index (χ4v) is 4.31. The zero-order valence-electron chi connectivity index (χ0n) is 11.5. The minimum absolute atomic E-state index is 0.283. The van der Waals surface area contributed by atoms with E-state index >= 15 is 0 Å². The predicted octanol–water partition coefficient (Wildman–Crippen LogP) is 2.67. The highest BCUT2D eigenvalue weighted by Crippen LogP contribution is 2.34. The number of rotatable bonds is 3. The van der Waals surface area contributed by atoms with Crippen LogP contribution in [0.15, 0.2) is 27.6 Å². The van der Waals surface area contributed by atoms with Crippen LogP contribution in [0.5, 0.6) is 0 Å². The van der Waals surface area contributed by atoms with Gasteiger partial charge in [-0.25, -0.2) is 12.8 Å². The van der Waals surface area contributed by atoms with E-state index in [4.69, 9.17) is 18.0 Å². The van der Waals surface area contributed by atoms with Crippen molar-refractivity contribution in [3.8, 4) is 0 Å². The molecule has 4 nitrogen and oxygen atoms in total. The number of sulfonamides is 1. The summed E-state index contributed by atoms with van der Waals surface area (Å²) in [6.45, 7) is 2.50. The molecule has 1 aromatic rings. The molecule has 0 atom stereocenters. The van der Waals surface area contributed by atoms with Crippen molar-refractivity contribution in [3.63, 3.8) is 0 Å². The molecule has 2 rings (SSSR count). The lowest BCUT2D eigenvalue weighted by atomic mass is 9.81. The summed E-state index contributed by atoms with van der Waals surface area (Å²) in [5, 5.41) is 0. The van der Waals surface area contributed by atoms with Gasteiger partial charge in [0.1, 0.15) is 10.7 Å². The van der Waals surface area contributed by atoms with Gasteiger partial charge in [0.05, 0.1) is 4.99 Å². The second-order valence-corrected chi connectivity index (χ2v) is 8.67. The molecule has 8 heteroatoms. The number of benzene rings is 1. The molecule has 0 radical (unpaired) electrons. The Kier molecular flexibility index (Phi) is 4.72. The maximum atomic E-state index is 13.9. The van der Waals surface area contributed by atoms with E-state index in [2.05, 4.69) is 15.9 Å². The van der Waals surface area contributed by atoms with E-state index < -0.39 is 15.8 Å². The second kappa shape index (κ2) is 5.91. The van der Waals surface area contributed by atoms with Gasteiger partial charge in [-0.2, -0.15) is 4.31 Å². The summed E-state index contributed by atoms with van der Waals surface area (Å²) in [7, 11) is -3.83. The Morgan fingerprint density at radius 3 is 2.48 bits per heavy atom. The normalized spacial score (nSPS) is 19.4. The first kappa shape index (κ1) is 16.8. The van der Waals surface area contributed by atoms with Crippen molar-refractivity contribution in [2.24, 2.45) is 11.1 Å². The van der Waals surface area contributed by atoms with Crippen molar-refractivity contribution in [1.29, 1.82) is 0 Å². The number of hydrogen-bond donors (Lipinski definition) is 1. The number of piperidine rings is 1. The second-order valence-electron chi connectivity index (χ2n) is 5.40. The van der Waals surface area contributed by atoms with Crippen LogP contribution in [0.2, 0.25) is 0 Å². The summed E-state index contributed by atoms with van der Waals surface area (Å²) >= 11 is 8.15. The van der Waals surface area contributed by atoms with Crippen LogP contribution in [0, 0.1) is 11.2 Å². The van der Waals surface area contributed by atoms with Crippen LogP contribution < -0.4 is 5.73 Å². The average Bonchev–Trinajstić information content (AvgIpc) is 2.38. The Morgan fingerprint density at radius 1 is 1.43 bits per heavy atom. The molecule has 1 aromatic carbocycles. The van der Waals surface area contributed by atoms with E-state index in [1.807, 2.05) is 6.92 Å². The monoisotopic (exact) mass is 394 g/mol. The van der Waals surface area contributed by atoms with E-state index in [1.165, 1.54) is 16.4 Å². The molecular weight excluding hydrogens is 379 g/mol. The molecule has 0 unspecified atom stereocenters. The third-order valence-corrected chi connectivity index (χ3v) is 6.85. The van der Waals surface area contributed by atoms with E-state index in [-0.39, 0.29) is 23.4 Å². The van der Waals surface area contributed by atoms with Crippen molar-refractivity contribution in [2.75, 3.05) is 13.1 Å². The van der Waals surface area contributed by atoms with Gasteiger partial charge in [0.2, 0.25) is 10.0 Å². The summed E-state index contributed by atoms with van der Waals surface area (Å²) in [6, 6.07) is 3.94. The van der Waals surface area contributed by atoms with Crippen molar-refractivity contribution >= 4 is 43.2 Å². The Labute approximate surface area is 137 Å². The Hall–Kier alpha value is -0.570. The van der Waals surface area contributed by atoms with Gasteiger partial charge in [-0.1, -0.05) is 35.1 Å².